The quantitative estimate of drug-likeness (QED) is 0.733. The molecule has 0 spiro atoms. The summed E-state index contributed by atoms with van der Waals surface area (Å²) in [5, 5.41) is 4.17. The molecule has 3 aromatic heterocycles. The van der Waals surface area contributed by atoms with Gasteiger partial charge in [-0.2, -0.15) is 5.10 Å². The number of imidazole rings is 1. The van der Waals surface area contributed by atoms with Crippen LogP contribution in [0.1, 0.15) is 30.2 Å². The molecule has 4 rings (SSSR count). The van der Waals surface area contributed by atoms with Crippen LogP contribution in [0.2, 0.25) is 0 Å². The molecule has 7 nitrogen and oxygen atoms in total. The molecule has 0 aliphatic carbocycles. The first-order chi connectivity index (χ1) is 10.8. The second kappa shape index (κ2) is 5.42. The lowest BCUT2D eigenvalue weighted by Crippen LogP contribution is -2.37. The van der Waals surface area contributed by atoms with Crippen LogP contribution in [0.3, 0.4) is 0 Å². The van der Waals surface area contributed by atoms with Crippen LogP contribution >= 0.6 is 0 Å². The van der Waals surface area contributed by atoms with Gasteiger partial charge in [0.15, 0.2) is 0 Å². The van der Waals surface area contributed by atoms with Crippen molar-refractivity contribution in [1.82, 2.24) is 29.2 Å². The Balaban J connectivity index is 1.54. The highest BCUT2D eigenvalue weighted by Crippen LogP contribution is 2.27. The number of rotatable bonds is 4. The Morgan fingerprint density at radius 1 is 1.32 bits per heavy atom. The number of nitrogens with zero attached hydrogens (tertiary/aromatic N) is 6. The average molecular weight is 298 g/mol. The minimum atomic E-state index is 0.267. The number of furan rings is 1. The van der Waals surface area contributed by atoms with Gasteiger partial charge in [-0.05, 0) is 19.1 Å². The molecule has 0 aromatic carbocycles. The van der Waals surface area contributed by atoms with Gasteiger partial charge in [-0.3, -0.25) is 4.90 Å². The first kappa shape index (κ1) is 13.3. The normalized spacial score (nSPS) is 18.5. The fraction of sp³-hybridized carbons (Fsp3) is 0.400. The van der Waals surface area contributed by atoms with E-state index >= 15 is 0 Å². The summed E-state index contributed by atoms with van der Waals surface area (Å²) in [6.07, 6.45) is 6.96. The van der Waals surface area contributed by atoms with E-state index < -0.39 is 0 Å². The van der Waals surface area contributed by atoms with E-state index in [4.69, 9.17) is 4.42 Å². The summed E-state index contributed by atoms with van der Waals surface area (Å²) in [6.45, 7) is 5.64. The second-order valence-electron chi connectivity index (χ2n) is 5.58. The topological polar surface area (TPSA) is 64.9 Å². The molecule has 1 aliphatic heterocycles. The molecule has 1 aliphatic rings. The standard InChI is InChI=1S/C15H18N6O/c1-12-15-17-7-13(8-20-11-16-10-18-20)21(15)5-4-19(12)9-14-3-2-6-22-14/h2-3,6-7,10-12H,4-5,8-9H2,1H3. The molecule has 0 bridgehead atoms. The van der Waals surface area contributed by atoms with Gasteiger partial charge in [-0.25, -0.2) is 14.6 Å². The highest BCUT2D eigenvalue weighted by atomic mass is 16.3. The van der Waals surface area contributed by atoms with Crippen molar-refractivity contribution >= 4 is 0 Å². The molecule has 0 saturated carbocycles. The minimum absolute atomic E-state index is 0.267. The van der Waals surface area contributed by atoms with E-state index in [2.05, 4.69) is 31.5 Å². The summed E-state index contributed by atoms with van der Waals surface area (Å²) < 4.78 is 9.58. The predicted octanol–water partition coefficient (Wildman–Crippen LogP) is 1.69. The van der Waals surface area contributed by atoms with E-state index in [1.165, 1.54) is 5.69 Å². The summed E-state index contributed by atoms with van der Waals surface area (Å²) in [5.41, 5.74) is 1.17. The van der Waals surface area contributed by atoms with Crippen molar-refractivity contribution in [3.8, 4) is 0 Å². The molecule has 0 saturated heterocycles. The maximum atomic E-state index is 5.46. The number of hydrogen-bond donors (Lipinski definition) is 0. The number of aromatic nitrogens is 5. The highest BCUT2D eigenvalue weighted by Gasteiger charge is 2.27. The number of fused-ring (bicyclic) bond motifs is 1. The van der Waals surface area contributed by atoms with Crippen molar-refractivity contribution in [1.29, 1.82) is 0 Å². The van der Waals surface area contributed by atoms with Gasteiger partial charge in [0.05, 0.1) is 37.3 Å². The Morgan fingerprint density at radius 2 is 2.27 bits per heavy atom. The lowest BCUT2D eigenvalue weighted by atomic mass is 10.2. The lowest BCUT2D eigenvalue weighted by Gasteiger charge is -2.33. The van der Waals surface area contributed by atoms with Gasteiger partial charge in [-0.1, -0.05) is 0 Å². The minimum Gasteiger partial charge on any atom is -0.468 e. The van der Waals surface area contributed by atoms with Crippen molar-refractivity contribution in [2.75, 3.05) is 6.54 Å². The first-order valence-corrected chi connectivity index (χ1v) is 7.44. The van der Waals surface area contributed by atoms with E-state index in [-0.39, 0.29) is 6.04 Å². The largest absolute Gasteiger partial charge is 0.468 e. The van der Waals surface area contributed by atoms with E-state index in [0.29, 0.717) is 6.54 Å². The molecule has 1 atom stereocenters. The smallest absolute Gasteiger partial charge is 0.137 e. The molecule has 0 fully saturated rings. The first-order valence-electron chi connectivity index (χ1n) is 7.44. The van der Waals surface area contributed by atoms with Gasteiger partial charge in [0.25, 0.3) is 0 Å². The average Bonchev–Trinajstić information content (AvgIpc) is 3.25. The second-order valence-corrected chi connectivity index (χ2v) is 5.58. The van der Waals surface area contributed by atoms with Gasteiger partial charge < -0.3 is 8.98 Å². The summed E-state index contributed by atoms with van der Waals surface area (Å²) in [7, 11) is 0. The zero-order valence-electron chi connectivity index (χ0n) is 12.5. The molecule has 22 heavy (non-hydrogen) atoms. The van der Waals surface area contributed by atoms with Crippen LogP contribution in [-0.2, 0) is 19.6 Å². The lowest BCUT2D eigenvalue weighted by molar-refractivity contribution is 0.144. The fourth-order valence-electron chi connectivity index (χ4n) is 3.03. The van der Waals surface area contributed by atoms with Crippen LogP contribution in [0.4, 0.5) is 0 Å². The van der Waals surface area contributed by atoms with Gasteiger partial charge in [-0.15, -0.1) is 0 Å². The van der Waals surface area contributed by atoms with Crippen molar-refractivity contribution in [2.45, 2.75) is 32.6 Å². The van der Waals surface area contributed by atoms with Gasteiger partial charge >= 0.3 is 0 Å². The van der Waals surface area contributed by atoms with E-state index in [0.717, 1.165) is 31.2 Å². The van der Waals surface area contributed by atoms with Crippen LogP contribution in [-0.4, -0.2) is 35.8 Å². The van der Waals surface area contributed by atoms with Crippen molar-refractivity contribution in [3.05, 3.63) is 54.5 Å². The van der Waals surface area contributed by atoms with Crippen LogP contribution in [0.15, 0.2) is 41.7 Å². The SMILES string of the molecule is CC1c2ncc(Cn3cncn3)n2CCN1Cc1ccco1. The van der Waals surface area contributed by atoms with Gasteiger partial charge in [0.1, 0.15) is 24.2 Å². The predicted molar refractivity (Wildman–Crippen MR) is 78.9 cm³/mol. The summed E-state index contributed by atoms with van der Waals surface area (Å²) >= 11 is 0. The van der Waals surface area contributed by atoms with Gasteiger partial charge in [0.2, 0.25) is 0 Å². The molecule has 7 heteroatoms. The molecular weight excluding hydrogens is 280 g/mol. The molecule has 0 amide bonds. The third kappa shape index (κ3) is 2.33. The number of hydrogen-bond acceptors (Lipinski definition) is 5. The Labute approximate surface area is 128 Å². The van der Waals surface area contributed by atoms with E-state index in [9.17, 15) is 0 Å². The zero-order chi connectivity index (χ0) is 14.9. The third-order valence-corrected chi connectivity index (χ3v) is 4.23. The Hall–Kier alpha value is -2.41. The summed E-state index contributed by atoms with van der Waals surface area (Å²) in [4.78, 5) is 11.0. The molecule has 1 unspecified atom stereocenters. The van der Waals surface area contributed by atoms with Crippen LogP contribution in [0.25, 0.3) is 0 Å². The maximum Gasteiger partial charge on any atom is 0.137 e. The zero-order valence-corrected chi connectivity index (χ0v) is 12.5. The molecule has 3 aromatic rings. The Morgan fingerprint density at radius 3 is 3.05 bits per heavy atom. The summed E-state index contributed by atoms with van der Waals surface area (Å²) in [5.74, 6) is 2.10. The molecular formula is C15H18N6O. The molecule has 0 N–H and O–H groups in total. The van der Waals surface area contributed by atoms with Crippen molar-refractivity contribution in [3.63, 3.8) is 0 Å². The summed E-state index contributed by atoms with van der Waals surface area (Å²) in [6, 6.07) is 4.22. The van der Waals surface area contributed by atoms with E-state index in [1.54, 1.807) is 18.9 Å². The molecule has 114 valence electrons. The van der Waals surface area contributed by atoms with Crippen molar-refractivity contribution in [2.24, 2.45) is 0 Å². The molecule has 4 heterocycles. The molecule has 0 radical (unpaired) electrons. The Kier molecular flexibility index (Phi) is 3.27. The van der Waals surface area contributed by atoms with Crippen LogP contribution in [0, 0.1) is 0 Å². The third-order valence-electron chi connectivity index (χ3n) is 4.23. The highest BCUT2D eigenvalue weighted by molar-refractivity contribution is 5.12. The fourth-order valence-corrected chi connectivity index (χ4v) is 3.03. The van der Waals surface area contributed by atoms with Crippen LogP contribution < -0.4 is 0 Å². The van der Waals surface area contributed by atoms with E-state index in [1.807, 2.05) is 23.0 Å². The van der Waals surface area contributed by atoms with Crippen LogP contribution in [0.5, 0.6) is 0 Å². The maximum absolute atomic E-state index is 5.46. The van der Waals surface area contributed by atoms with Gasteiger partial charge in [0, 0.05) is 13.1 Å². The van der Waals surface area contributed by atoms with Crippen molar-refractivity contribution < 1.29 is 4.42 Å². The monoisotopic (exact) mass is 298 g/mol. The Bertz CT molecular complexity index is 730.